The van der Waals surface area contributed by atoms with Crippen LogP contribution in [0.25, 0.3) is 16.5 Å². The summed E-state index contributed by atoms with van der Waals surface area (Å²) in [5.74, 6) is 0. The Morgan fingerprint density at radius 2 is 1.92 bits per heavy atom. The van der Waals surface area contributed by atoms with Crippen LogP contribution in [0, 0.1) is 0 Å². The zero-order valence-electron chi connectivity index (χ0n) is 13.0. The smallest absolute Gasteiger partial charge is 0.111 e. The van der Waals surface area contributed by atoms with Crippen molar-refractivity contribution in [3.05, 3.63) is 69.8 Å². The number of aromatic amines is 1. The molecule has 1 aliphatic rings. The monoisotopic (exact) mass is 357 g/mol. The predicted octanol–water partition coefficient (Wildman–Crippen LogP) is 4.86. The number of hydrogen-bond donors (Lipinski definition) is 2. The molecule has 0 saturated heterocycles. The zero-order valence-corrected chi connectivity index (χ0v) is 14.5. The molecule has 122 valence electrons. The molecule has 3 nitrogen and oxygen atoms in total. The Hall–Kier alpha value is -1.81. The largest absolute Gasteiger partial charge is 0.310 e. The highest BCUT2D eigenvalue weighted by molar-refractivity contribution is 6.35. The van der Waals surface area contributed by atoms with Crippen LogP contribution in [0.1, 0.15) is 17.7 Å². The van der Waals surface area contributed by atoms with Gasteiger partial charge in [-0.3, -0.25) is 5.10 Å². The summed E-state index contributed by atoms with van der Waals surface area (Å²) in [6, 6.07) is 14.3. The highest BCUT2D eigenvalue weighted by Crippen LogP contribution is 2.28. The maximum Gasteiger partial charge on any atom is 0.111 e. The van der Waals surface area contributed by atoms with Gasteiger partial charge in [0.2, 0.25) is 0 Å². The molecule has 2 heterocycles. The van der Waals surface area contributed by atoms with Crippen LogP contribution in [-0.2, 0) is 6.42 Å². The minimum absolute atomic E-state index is 0.364. The molecular weight excluding hydrogens is 341 g/mol. The van der Waals surface area contributed by atoms with E-state index in [2.05, 4.69) is 39.8 Å². The van der Waals surface area contributed by atoms with Crippen LogP contribution in [0.2, 0.25) is 10.0 Å². The topological polar surface area (TPSA) is 40.7 Å². The van der Waals surface area contributed by atoms with E-state index in [0.717, 1.165) is 41.0 Å². The molecule has 0 fully saturated rings. The van der Waals surface area contributed by atoms with Gasteiger partial charge in [-0.05, 0) is 35.8 Å². The van der Waals surface area contributed by atoms with Crippen LogP contribution in [-0.4, -0.2) is 22.8 Å². The van der Waals surface area contributed by atoms with Gasteiger partial charge in [-0.1, -0.05) is 53.5 Å². The van der Waals surface area contributed by atoms with E-state index in [-0.39, 0.29) is 0 Å². The molecule has 0 bridgehead atoms. The standard InChI is InChI=1S/C19H17Cl2N3/c20-14-6-4-12(5-7-14)13-8-9-22-15(10-13)11-18-16-2-1-3-17(21)19(16)24-23-18/h1-8,15,22H,9-11H2,(H,23,24). The summed E-state index contributed by atoms with van der Waals surface area (Å²) in [6.45, 7) is 0.870. The maximum atomic E-state index is 6.21. The molecule has 0 aliphatic carbocycles. The summed E-state index contributed by atoms with van der Waals surface area (Å²) >= 11 is 12.2. The predicted molar refractivity (Wildman–Crippen MR) is 101 cm³/mol. The summed E-state index contributed by atoms with van der Waals surface area (Å²) in [5, 5.41) is 13.6. The second-order valence-electron chi connectivity index (χ2n) is 6.09. The van der Waals surface area contributed by atoms with E-state index in [1.807, 2.05) is 24.3 Å². The third-order valence-corrected chi connectivity index (χ3v) is 5.06. The zero-order chi connectivity index (χ0) is 16.5. The Bertz CT molecular complexity index is 897. The van der Waals surface area contributed by atoms with Gasteiger partial charge in [0, 0.05) is 35.1 Å². The highest BCUT2D eigenvalue weighted by atomic mass is 35.5. The number of hydrogen-bond acceptors (Lipinski definition) is 2. The summed E-state index contributed by atoms with van der Waals surface area (Å²) in [7, 11) is 0. The van der Waals surface area contributed by atoms with Gasteiger partial charge in [-0.15, -0.1) is 0 Å². The third kappa shape index (κ3) is 3.07. The van der Waals surface area contributed by atoms with Crippen LogP contribution < -0.4 is 5.32 Å². The average Bonchev–Trinajstić information content (AvgIpc) is 3.00. The number of nitrogens with one attached hydrogen (secondary N) is 2. The maximum absolute atomic E-state index is 6.21. The van der Waals surface area contributed by atoms with Crippen LogP contribution in [0.5, 0.6) is 0 Å². The first kappa shape index (κ1) is 15.7. The van der Waals surface area contributed by atoms with Crippen molar-refractivity contribution in [2.24, 2.45) is 0 Å². The van der Waals surface area contributed by atoms with Gasteiger partial charge in [0.25, 0.3) is 0 Å². The normalized spacial score (nSPS) is 17.9. The third-order valence-electron chi connectivity index (χ3n) is 4.50. The molecule has 0 amide bonds. The van der Waals surface area contributed by atoms with Crippen molar-refractivity contribution in [2.75, 3.05) is 6.54 Å². The van der Waals surface area contributed by atoms with E-state index in [1.54, 1.807) is 0 Å². The fourth-order valence-electron chi connectivity index (χ4n) is 3.27. The quantitative estimate of drug-likeness (QED) is 0.702. The molecule has 0 saturated carbocycles. The number of nitrogens with zero attached hydrogens (tertiary/aromatic N) is 1. The van der Waals surface area contributed by atoms with Gasteiger partial charge >= 0.3 is 0 Å². The molecule has 0 spiro atoms. The van der Waals surface area contributed by atoms with E-state index in [4.69, 9.17) is 23.2 Å². The lowest BCUT2D eigenvalue weighted by molar-refractivity contribution is 0.529. The van der Waals surface area contributed by atoms with Gasteiger partial charge in [0.05, 0.1) is 5.02 Å². The van der Waals surface area contributed by atoms with Crippen molar-refractivity contribution in [1.82, 2.24) is 15.5 Å². The van der Waals surface area contributed by atoms with Crippen LogP contribution >= 0.6 is 23.2 Å². The Morgan fingerprint density at radius 3 is 2.75 bits per heavy atom. The van der Waals surface area contributed by atoms with Gasteiger partial charge in [0.1, 0.15) is 5.52 Å². The second-order valence-corrected chi connectivity index (χ2v) is 6.93. The van der Waals surface area contributed by atoms with Crippen molar-refractivity contribution in [2.45, 2.75) is 18.9 Å². The first-order valence-corrected chi connectivity index (χ1v) is 8.76. The van der Waals surface area contributed by atoms with E-state index in [9.17, 15) is 0 Å². The molecule has 24 heavy (non-hydrogen) atoms. The van der Waals surface area contributed by atoms with E-state index in [1.165, 1.54) is 11.1 Å². The van der Waals surface area contributed by atoms with Crippen molar-refractivity contribution in [3.8, 4) is 0 Å². The molecule has 1 aliphatic heterocycles. The molecule has 1 atom stereocenters. The molecule has 4 rings (SSSR count). The van der Waals surface area contributed by atoms with Crippen LogP contribution in [0.3, 0.4) is 0 Å². The SMILES string of the molecule is Clc1ccc(C2=CCNC(Cc3[nH]nc4c(Cl)cccc34)C2)cc1. The Kier molecular flexibility index (Phi) is 4.31. The van der Waals surface area contributed by atoms with Crippen molar-refractivity contribution in [3.63, 3.8) is 0 Å². The fraction of sp³-hybridized carbons (Fsp3) is 0.211. The van der Waals surface area contributed by atoms with Crippen molar-refractivity contribution < 1.29 is 0 Å². The minimum Gasteiger partial charge on any atom is -0.310 e. The molecule has 2 aromatic carbocycles. The molecule has 5 heteroatoms. The lowest BCUT2D eigenvalue weighted by atomic mass is 9.92. The van der Waals surface area contributed by atoms with Crippen LogP contribution in [0.15, 0.2) is 48.5 Å². The Labute approximate surface area is 150 Å². The number of para-hydroxylation sites is 1. The Balaban J connectivity index is 1.54. The van der Waals surface area contributed by atoms with Crippen molar-refractivity contribution in [1.29, 1.82) is 0 Å². The number of rotatable bonds is 3. The highest BCUT2D eigenvalue weighted by Gasteiger charge is 2.19. The van der Waals surface area contributed by atoms with Gasteiger partial charge in [-0.2, -0.15) is 5.10 Å². The molecule has 0 radical (unpaired) electrons. The van der Waals surface area contributed by atoms with Gasteiger partial charge in [-0.25, -0.2) is 0 Å². The summed E-state index contributed by atoms with van der Waals surface area (Å²) in [5.41, 5.74) is 4.57. The van der Waals surface area contributed by atoms with E-state index in [0.29, 0.717) is 11.1 Å². The number of H-pyrrole nitrogens is 1. The second kappa shape index (κ2) is 6.60. The van der Waals surface area contributed by atoms with Crippen LogP contribution in [0.4, 0.5) is 0 Å². The number of fused-ring (bicyclic) bond motifs is 1. The van der Waals surface area contributed by atoms with Gasteiger partial charge < -0.3 is 5.32 Å². The van der Waals surface area contributed by atoms with E-state index < -0.39 is 0 Å². The Morgan fingerprint density at radius 1 is 1.08 bits per heavy atom. The van der Waals surface area contributed by atoms with E-state index >= 15 is 0 Å². The lowest BCUT2D eigenvalue weighted by Crippen LogP contribution is -2.34. The minimum atomic E-state index is 0.364. The molecule has 1 unspecified atom stereocenters. The summed E-state index contributed by atoms with van der Waals surface area (Å²) in [4.78, 5) is 0. The fourth-order valence-corrected chi connectivity index (χ4v) is 3.61. The number of benzene rings is 2. The molecular formula is C19H17Cl2N3. The lowest BCUT2D eigenvalue weighted by Gasteiger charge is -2.24. The summed E-state index contributed by atoms with van der Waals surface area (Å²) in [6.07, 6.45) is 4.12. The first-order chi connectivity index (χ1) is 11.7. The first-order valence-electron chi connectivity index (χ1n) is 8.00. The average molecular weight is 358 g/mol. The molecule has 2 N–H and O–H groups in total. The number of aromatic nitrogens is 2. The number of halogens is 2. The van der Waals surface area contributed by atoms with Crippen molar-refractivity contribution >= 4 is 39.7 Å². The molecule has 1 aromatic heterocycles. The summed E-state index contributed by atoms with van der Waals surface area (Å²) < 4.78 is 0. The molecule has 3 aromatic rings. The van der Waals surface area contributed by atoms with Gasteiger partial charge in [0.15, 0.2) is 0 Å².